The Morgan fingerprint density at radius 2 is 1.87 bits per heavy atom. The van der Waals surface area contributed by atoms with Gasteiger partial charge in [0.05, 0.1) is 12.1 Å². The number of ether oxygens (including phenoxy) is 1. The van der Waals surface area contributed by atoms with E-state index in [2.05, 4.69) is 10.3 Å². The van der Waals surface area contributed by atoms with Crippen LogP contribution in [0.4, 0.5) is 10.1 Å². The van der Waals surface area contributed by atoms with Gasteiger partial charge < -0.3 is 15.0 Å². The molecule has 0 aliphatic carbocycles. The molecular formula is C24H24FN3O3. The van der Waals surface area contributed by atoms with Gasteiger partial charge in [0, 0.05) is 30.4 Å². The number of anilines is 1. The topological polar surface area (TPSA) is 71.5 Å². The zero-order valence-electron chi connectivity index (χ0n) is 17.3. The highest BCUT2D eigenvalue weighted by Crippen LogP contribution is 2.32. The van der Waals surface area contributed by atoms with Crippen LogP contribution in [0.1, 0.15) is 31.2 Å². The molecule has 1 aliphatic rings. The fraction of sp³-hybridized carbons (Fsp3) is 0.292. The fourth-order valence-electron chi connectivity index (χ4n) is 4.02. The summed E-state index contributed by atoms with van der Waals surface area (Å²) in [6, 6.07) is 13.4. The summed E-state index contributed by atoms with van der Waals surface area (Å²) in [7, 11) is 0. The highest BCUT2D eigenvalue weighted by atomic mass is 19.1. The number of hydrogen-bond donors (Lipinski definition) is 1. The molecule has 3 aromatic rings. The Balaban J connectivity index is 1.38. The van der Waals surface area contributed by atoms with Crippen molar-refractivity contribution >= 4 is 28.4 Å². The Hall–Kier alpha value is -3.48. The fourth-order valence-corrected chi connectivity index (χ4v) is 4.02. The van der Waals surface area contributed by atoms with Gasteiger partial charge >= 0.3 is 11.8 Å². The molecule has 31 heavy (non-hydrogen) atoms. The summed E-state index contributed by atoms with van der Waals surface area (Å²) in [4.78, 5) is 30.9. The van der Waals surface area contributed by atoms with Crippen molar-refractivity contribution in [1.82, 2.24) is 9.88 Å². The van der Waals surface area contributed by atoms with Crippen molar-refractivity contribution in [1.29, 1.82) is 0 Å². The third-order valence-electron chi connectivity index (χ3n) is 5.58. The minimum atomic E-state index is -0.654. The predicted octanol–water partition coefficient (Wildman–Crippen LogP) is 4.12. The van der Waals surface area contributed by atoms with E-state index < -0.39 is 11.8 Å². The first kappa shape index (κ1) is 20.8. The number of amides is 2. The van der Waals surface area contributed by atoms with Crippen LogP contribution >= 0.6 is 0 Å². The highest BCUT2D eigenvalue weighted by molar-refractivity contribution is 6.39. The van der Waals surface area contributed by atoms with Crippen molar-refractivity contribution < 1.29 is 18.7 Å². The molecule has 2 amide bonds. The molecule has 0 unspecified atom stereocenters. The van der Waals surface area contributed by atoms with Gasteiger partial charge in [-0.3, -0.25) is 14.6 Å². The van der Waals surface area contributed by atoms with E-state index in [-0.39, 0.29) is 11.7 Å². The third-order valence-corrected chi connectivity index (χ3v) is 5.58. The average molecular weight is 421 g/mol. The van der Waals surface area contributed by atoms with Gasteiger partial charge in [0.2, 0.25) is 0 Å². The third kappa shape index (κ3) is 4.66. The number of pyridine rings is 1. The lowest BCUT2D eigenvalue weighted by atomic mass is 9.87. The number of rotatable bonds is 4. The maximum atomic E-state index is 13.7. The van der Waals surface area contributed by atoms with Crippen LogP contribution in [0.15, 0.2) is 54.7 Å². The Labute approximate surface area is 180 Å². The Morgan fingerprint density at radius 3 is 2.58 bits per heavy atom. The minimum Gasteiger partial charge on any atom is -0.494 e. The molecule has 0 radical (unpaired) electrons. The van der Waals surface area contributed by atoms with E-state index in [0.717, 1.165) is 16.5 Å². The van der Waals surface area contributed by atoms with E-state index in [1.807, 2.05) is 13.0 Å². The number of carbonyl (C=O) groups excluding carboxylic acids is 2. The summed E-state index contributed by atoms with van der Waals surface area (Å²) >= 11 is 0. The molecule has 1 aromatic heterocycles. The van der Waals surface area contributed by atoms with E-state index in [0.29, 0.717) is 44.0 Å². The summed E-state index contributed by atoms with van der Waals surface area (Å²) < 4.78 is 19.1. The van der Waals surface area contributed by atoms with Crippen LogP contribution in [0.2, 0.25) is 0 Å². The van der Waals surface area contributed by atoms with E-state index in [1.165, 1.54) is 12.1 Å². The van der Waals surface area contributed by atoms with Gasteiger partial charge in [-0.2, -0.15) is 0 Å². The molecular weight excluding hydrogens is 397 g/mol. The molecule has 1 fully saturated rings. The predicted molar refractivity (Wildman–Crippen MR) is 116 cm³/mol. The van der Waals surface area contributed by atoms with E-state index in [9.17, 15) is 14.0 Å². The zero-order chi connectivity index (χ0) is 21.8. The van der Waals surface area contributed by atoms with Crippen molar-refractivity contribution in [3.8, 4) is 5.75 Å². The standard InChI is InChI=1S/C24H24FN3O3/c1-2-31-19-6-4-18(5-7-19)27-23(29)24(30)28-13-10-16(11-14-28)20-9-12-26-22-8-3-17(25)15-21(20)22/h3-9,12,15-16H,2,10-11,13-14H2,1H3,(H,27,29). The second kappa shape index (κ2) is 9.12. The second-order valence-corrected chi connectivity index (χ2v) is 7.54. The summed E-state index contributed by atoms with van der Waals surface area (Å²) in [6.45, 7) is 3.40. The summed E-state index contributed by atoms with van der Waals surface area (Å²) in [5, 5.41) is 3.45. The molecule has 2 aromatic carbocycles. The summed E-state index contributed by atoms with van der Waals surface area (Å²) in [5.74, 6) is -0.597. The molecule has 0 saturated carbocycles. The number of nitrogens with zero attached hydrogens (tertiary/aromatic N) is 2. The largest absolute Gasteiger partial charge is 0.494 e. The highest BCUT2D eigenvalue weighted by Gasteiger charge is 2.28. The van der Waals surface area contributed by atoms with E-state index in [4.69, 9.17) is 4.74 Å². The monoisotopic (exact) mass is 421 g/mol. The second-order valence-electron chi connectivity index (χ2n) is 7.54. The number of carbonyl (C=O) groups is 2. The van der Waals surface area contributed by atoms with Crippen LogP contribution < -0.4 is 10.1 Å². The van der Waals surface area contributed by atoms with Crippen LogP contribution in [0, 0.1) is 5.82 Å². The maximum Gasteiger partial charge on any atom is 0.313 e. The number of piperidine rings is 1. The lowest BCUT2D eigenvalue weighted by Crippen LogP contribution is -2.43. The molecule has 0 bridgehead atoms. The minimum absolute atomic E-state index is 0.186. The Kier molecular flexibility index (Phi) is 6.11. The molecule has 2 heterocycles. The first-order valence-corrected chi connectivity index (χ1v) is 10.4. The number of nitrogens with one attached hydrogen (secondary N) is 1. The number of benzene rings is 2. The smallest absolute Gasteiger partial charge is 0.313 e. The first-order chi connectivity index (χ1) is 15.0. The first-order valence-electron chi connectivity index (χ1n) is 10.4. The van der Waals surface area contributed by atoms with Crippen molar-refractivity contribution in [3.63, 3.8) is 0 Å². The normalized spacial score (nSPS) is 14.5. The van der Waals surface area contributed by atoms with Gasteiger partial charge in [0.1, 0.15) is 11.6 Å². The molecule has 1 aliphatic heterocycles. The molecule has 7 heteroatoms. The molecule has 1 saturated heterocycles. The van der Waals surface area contributed by atoms with Gasteiger partial charge in [-0.1, -0.05) is 0 Å². The van der Waals surface area contributed by atoms with Crippen LogP contribution in [-0.2, 0) is 9.59 Å². The molecule has 6 nitrogen and oxygen atoms in total. The summed E-state index contributed by atoms with van der Waals surface area (Å²) in [6.07, 6.45) is 3.15. The Bertz CT molecular complexity index is 1090. The van der Waals surface area contributed by atoms with E-state index >= 15 is 0 Å². The zero-order valence-corrected chi connectivity index (χ0v) is 17.3. The van der Waals surface area contributed by atoms with Crippen molar-refractivity contribution in [2.75, 3.05) is 25.0 Å². The SMILES string of the molecule is CCOc1ccc(NC(=O)C(=O)N2CCC(c3ccnc4ccc(F)cc34)CC2)cc1. The van der Waals surface area contributed by atoms with Gasteiger partial charge in [0.15, 0.2) is 0 Å². The summed E-state index contributed by atoms with van der Waals surface area (Å²) in [5.41, 5.74) is 2.34. The number of aromatic nitrogens is 1. The number of likely N-dealkylation sites (tertiary alicyclic amines) is 1. The quantitative estimate of drug-likeness (QED) is 0.644. The molecule has 4 rings (SSSR count). The Morgan fingerprint density at radius 1 is 1.13 bits per heavy atom. The van der Waals surface area contributed by atoms with Crippen LogP contribution in [0.3, 0.4) is 0 Å². The van der Waals surface area contributed by atoms with Crippen LogP contribution in [0.25, 0.3) is 10.9 Å². The molecule has 0 spiro atoms. The molecule has 160 valence electrons. The van der Waals surface area contributed by atoms with Gasteiger partial charge in [-0.05, 0) is 79.8 Å². The number of hydrogen-bond acceptors (Lipinski definition) is 4. The van der Waals surface area contributed by atoms with Crippen molar-refractivity contribution in [2.24, 2.45) is 0 Å². The molecule has 1 N–H and O–H groups in total. The van der Waals surface area contributed by atoms with Crippen molar-refractivity contribution in [2.45, 2.75) is 25.7 Å². The van der Waals surface area contributed by atoms with E-state index in [1.54, 1.807) is 41.4 Å². The maximum absolute atomic E-state index is 13.7. The van der Waals surface area contributed by atoms with Gasteiger partial charge in [-0.25, -0.2) is 4.39 Å². The van der Waals surface area contributed by atoms with Crippen LogP contribution in [0.5, 0.6) is 5.75 Å². The average Bonchev–Trinajstić information content (AvgIpc) is 2.80. The van der Waals surface area contributed by atoms with Gasteiger partial charge in [-0.15, -0.1) is 0 Å². The molecule has 0 atom stereocenters. The van der Waals surface area contributed by atoms with Crippen LogP contribution in [-0.4, -0.2) is 41.4 Å². The van der Waals surface area contributed by atoms with Crippen molar-refractivity contribution in [3.05, 3.63) is 66.1 Å². The lowest BCUT2D eigenvalue weighted by Gasteiger charge is -2.32. The van der Waals surface area contributed by atoms with Gasteiger partial charge in [0.25, 0.3) is 0 Å². The number of halogens is 1. The number of fused-ring (bicyclic) bond motifs is 1. The lowest BCUT2D eigenvalue weighted by molar-refractivity contribution is -0.143.